The van der Waals surface area contributed by atoms with Gasteiger partial charge in [-0.3, -0.25) is 0 Å². The Morgan fingerprint density at radius 1 is 0.510 bits per heavy atom. The van der Waals surface area contributed by atoms with Gasteiger partial charge in [0, 0.05) is 5.41 Å². The lowest BCUT2D eigenvalue weighted by Gasteiger charge is -2.49. The van der Waals surface area contributed by atoms with Crippen molar-refractivity contribution in [2.75, 3.05) is 0 Å². The zero-order valence-corrected chi connectivity index (χ0v) is 34.4. The van der Waals surface area contributed by atoms with Crippen molar-refractivity contribution in [2.45, 2.75) is 171 Å². The second-order valence-electron chi connectivity index (χ2n) is 16.6. The molecule has 274 valence electrons. The van der Waals surface area contributed by atoms with Crippen LogP contribution in [0.15, 0.2) is 78.9 Å². The molecule has 49 heavy (non-hydrogen) atoms. The van der Waals surface area contributed by atoms with E-state index in [-0.39, 0.29) is 5.41 Å². The van der Waals surface area contributed by atoms with Crippen LogP contribution in [0.4, 0.5) is 0 Å². The Morgan fingerprint density at radius 3 is 1.12 bits per heavy atom. The van der Waals surface area contributed by atoms with Crippen molar-refractivity contribution in [3.05, 3.63) is 95.6 Å². The first-order valence-electron chi connectivity index (χ1n) is 20.8. The molecule has 0 N–H and O–H groups in total. The van der Waals surface area contributed by atoms with E-state index in [1.54, 1.807) is 38.5 Å². The fourth-order valence-electron chi connectivity index (χ4n) is 9.00. The summed E-state index contributed by atoms with van der Waals surface area (Å²) in [5, 5.41) is 0. The van der Waals surface area contributed by atoms with Crippen LogP contribution in [0, 0.1) is 29.1 Å². The van der Waals surface area contributed by atoms with Gasteiger partial charge in [0.2, 0.25) is 0 Å². The normalized spacial score (nSPS) is 23.6. The van der Waals surface area contributed by atoms with Crippen molar-refractivity contribution in [3.63, 3.8) is 0 Å². The molecular weight excluding hydrogens is 589 g/mol. The zero-order valence-electron chi connectivity index (χ0n) is 34.4. The first-order valence-corrected chi connectivity index (χ1v) is 20.8. The third-order valence-electron chi connectivity index (χ3n) is 11.2. The van der Waals surface area contributed by atoms with Crippen molar-refractivity contribution in [1.29, 1.82) is 0 Å². The molecule has 0 amide bonds. The van der Waals surface area contributed by atoms with Crippen LogP contribution in [-0.4, -0.2) is 0 Å². The molecule has 0 aromatic heterocycles. The minimum Gasteiger partial charge on any atom is -0.0683 e. The van der Waals surface area contributed by atoms with Crippen LogP contribution in [0.2, 0.25) is 0 Å². The fourth-order valence-corrected chi connectivity index (χ4v) is 9.00. The summed E-state index contributed by atoms with van der Waals surface area (Å²) >= 11 is 0. The van der Waals surface area contributed by atoms with Crippen LogP contribution in [0.3, 0.4) is 0 Å². The second-order valence-corrected chi connectivity index (χ2v) is 16.6. The summed E-state index contributed by atoms with van der Waals surface area (Å²) in [6, 6.07) is 28.0. The molecule has 4 bridgehead atoms. The SMILES string of the molecule is C1C2CC3CC1CC(C2)C3.CC.CC.CC(C)c1ccccc1.CC1(C)CCCCC1.CC1(C)c2ccccc2-c2ccccc21.CCC. The summed E-state index contributed by atoms with van der Waals surface area (Å²) in [5.41, 5.74) is 7.96. The summed E-state index contributed by atoms with van der Waals surface area (Å²) in [5.74, 6) is 5.37. The van der Waals surface area contributed by atoms with Gasteiger partial charge >= 0.3 is 0 Å². The van der Waals surface area contributed by atoms with Gasteiger partial charge in [-0.15, -0.1) is 0 Å². The Balaban J connectivity index is 0.000000219. The van der Waals surface area contributed by atoms with Crippen LogP contribution in [-0.2, 0) is 5.41 Å². The predicted molar refractivity (Wildman–Crippen MR) is 222 cm³/mol. The van der Waals surface area contributed by atoms with Crippen LogP contribution in [0.5, 0.6) is 0 Å². The largest absolute Gasteiger partial charge is 0.0683 e. The van der Waals surface area contributed by atoms with Gasteiger partial charge in [-0.1, -0.05) is 188 Å². The number of benzene rings is 3. The molecule has 0 nitrogen and oxygen atoms in total. The Labute approximate surface area is 306 Å². The second kappa shape index (κ2) is 21.8. The number of hydrogen-bond donors (Lipinski definition) is 0. The summed E-state index contributed by atoms with van der Waals surface area (Å²) in [6.45, 7) is 26.0. The highest BCUT2D eigenvalue weighted by Gasteiger charge is 2.41. The molecule has 0 saturated heterocycles. The molecule has 0 spiro atoms. The van der Waals surface area contributed by atoms with Crippen LogP contribution >= 0.6 is 0 Å². The third kappa shape index (κ3) is 13.1. The van der Waals surface area contributed by atoms with Gasteiger partial charge in [-0.25, -0.2) is 0 Å². The van der Waals surface area contributed by atoms with Gasteiger partial charge in [0.15, 0.2) is 0 Å². The van der Waals surface area contributed by atoms with E-state index in [2.05, 4.69) is 128 Å². The number of fused-ring (bicyclic) bond motifs is 3. The highest BCUT2D eigenvalue weighted by Crippen LogP contribution is 2.53. The standard InChI is InChI=1S/C15H14.C10H16.C9H12.C8H16.C3H8.2C2H6/c1-15(2)13-9-5-3-7-11(13)12-8-4-6-10-14(12)15;1-7-2-9-4-8(1)5-10(3-7)6-9;1-8(2)9-6-4-3-5-7-9;1-8(2)6-4-3-5-7-8;1-3-2;2*1-2/h3-10H,1-2H3;7-10H,1-6H2;3-8H,1-2H3;3-7H2,1-2H3;3H2,1-2H3;2*1-2H3. The summed E-state index contributed by atoms with van der Waals surface area (Å²) < 4.78 is 0. The molecule has 0 heteroatoms. The molecule has 5 fully saturated rings. The van der Waals surface area contributed by atoms with Crippen molar-refractivity contribution >= 4 is 0 Å². The van der Waals surface area contributed by atoms with Crippen molar-refractivity contribution < 1.29 is 0 Å². The van der Waals surface area contributed by atoms with Crippen LogP contribution < -0.4 is 0 Å². The lowest BCUT2D eigenvalue weighted by atomic mass is 9.56. The van der Waals surface area contributed by atoms with Gasteiger partial charge in [0.05, 0.1) is 0 Å². The average molecular weight is 667 g/mol. The highest BCUT2D eigenvalue weighted by molar-refractivity contribution is 5.80. The molecule has 0 aliphatic heterocycles. The first kappa shape index (κ1) is 42.8. The number of rotatable bonds is 1. The van der Waals surface area contributed by atoms with E-state index in [1.807, 2.05) is 33.8 Å². The van der Waals surface area contributed by atoms with E-state index in [1.165, 1.54) is 90.0 Å². The van der Waals surface area contributed by atoms with Gasteiger partial charge < -0.3 is 0 Å². The summed E-state index contributed by atoms with van der Waals surface area (Å²) in [4.78, 5) is 0. The van der Waals surface area contributed by atoms with E-state index in [0.29, 0.717) is 11.3 Å². The molecule has 3 aromatic carbocycles. The molecule has 5 saturated carbocycles. The Morgan fingerprint density at radius 2 is 0.837 bits per heavy atom. The minimum absolute atomic E-state index is 0.160. The van der Waals surface area contributed by atoms with Crippen molar-refractivity contribution in [2.24, 2.45) is 29.1 Å². The summed E-state index contributed by atoms with van der Waals surface area (Å²) in [6.07, 6.45) is 18.2. The molecule has 3 aromatic rings. The Bertz CT molecular complexity index is 1160. The first-order chi connectivity index (χ1) is 23.5. The number of hydrogen-bond acceptors (Lipinski definition) is 0. The van der Waals surface area contributed by atoms with E-state index < -0.39 is 0 Å². The smallest absolute Gasteiger partial charge is 0.0158 e. The van der Waals surface area contributed by atoms with Crippen molar-refractivity contribution in [3.8, 4) is 11.1 Å². The molecule has 6 aliphatic rings. The Hall–Kier alpha value is -2.34. The third-order valence-corrected chi connectivity index (χ3v) is 11.2. The monoisotopic (exact) mass is 667 g/mol. The van der Waals surface area contributed by atoms with E-state index in [4.69, 9.17) is 0 Å². The molecule has 0 heterocycles. The van der Waals surface area contributed by atoms with E-state index in [0.717, 1.165) is 0 Å². The van der Waals surface area contributed by atoms with Crippen LogP contribution in [0.1, 0.15) is 183 Å². The lowest BCUT2D eigenvalue weighted by molar-refractivity contribution is 0.0198. The van der Waals surface area contributed by atoms with E-state index >= 15 is 0 Å². The molecule has 0 atom stereocenters. The van der Waals surface area contributed by atoms with Gasteiger partial charge in [0.25, 0.3) is 0 Å². The zero-order chi connectivity index (χ0) is 36.5. The van der Waals surface area contributed by atoms with Gasteiger partial charge in [-0.2, -0.15) is 0 Å². The highest BCUT2D eigenvalue weighted by atomic mass is 14.5. The maximum atomic E-state index is 2.38. The molecule has 0 unspecified atom stereocenters. The molecule has 0 radical (unpaired) electrons. The van der Waals surface area contributed by atoms with Crippen LogP contribution in [0.25, 0.3) is 11.1 Å². The lowest BCUT2D eigenvalue weighted by Crippen LogP contribution is -2.38. The maximum absolute atomic E-state index is 2.38. The summed E-state index contributed by atoms with van der Waals surface area (Å²) in [7, 11) is 0. The molecule has 6 aliphatic carbocycles. The minimum atomic E-state index is 0.160. The Kier molecular flexibility index (Phi) is 19.0. The van der Waals surface area contributed by atoms with E-state index in [9.17, 15) is 0 Å². The fraction of sp³-hybridized carbons (Fsp3) is 0.633. The quantitative estimate of drug-likeness (QED) is 0.242. The average Bonchev–Trinajstić information content (AvgIpc) is 3.34. The van der Waals surface area contributed by atoms with Gasteiger partial charge in [0.1, 0.15) is 0 Å². The molecular formula is C49H78. The predicted octanol–water partition coefficient (Wildman–Crippen LogP) is 16.1. The molecule has 9 rings (SSSR count). The van der Waals surface area contributed by atoms with Gasteiger partial charge in [-0.05, 0) is 114 Å². The maximum Gasteiger partial charge on any atom is 0.0158 e. The van der Waals surface area contributed by atoms with Crippen molar-refractivity contribution in [1.82, 2.24) is 0 Å². The topological polar surface area (TPSA) is 0 Å².